The number of aliphatic hydroxyl groups excluding tert-OH is 1. The summed E-state index contributed by atoms with van der Waals surface area (Å²) in [7, 11) is 0. The van der Waals surface area contributed by atoms with Gasteiger partial charge in [0, 0.05) is 24.7 Å². The van der Waals surface area contributed by atoms with Gasteiger partial charge in [0.2, 0.25) is 5.91 Å². The summed E-state index contributed by atoms with van der Waals surface area (Å²) in [5.74, 6) is -0.523. The highest BCUT2D eigenvalue weighted by molar-refractivity contribution is 6.32. The summed E-state index contributed by atoms with van der Waals surface area (Å²) in [6, 6.07) is 4.13. The van der Waals surface area contributed by atoms with Crippen molar-refractivity contribution in [3.63, 3.8) is 0 Å². The summed E-state index contributed by atoms with van der Waals surface area (Å²) in [6.45, 7) is 1.42. The molecule has 1 unspecified atom stereocenters. The lowest BCUT2D eigenvalue weighted by atomic mass is 10.1. The van der Waals surface area contributed by atoms with Crippen LogP contribution in [0.25, 0.3) is 0 Å². The van der Waals surface area contributed by atoms with Crippen molar-refractivity contribution in [1.29, 1.82) is 0 Å². The number of benzene rings is 1. The molecule has 0 bridgehead atoms. The second kappa shape index (κ2) is 6.96. The Bertz CT molecular complexity index is 725. The average molecular weight is 373 g/mol. The van der Waals surface area contributed by atoms with Gasteiger partial charge in [-0.3, -0.25) is 10.2 Å². The number of hydrogen-bond acceptors (Lipinski definition) is 5. The van der Waals surface area contributed by atoms with E-state index in [0.29, 0.717) is 35.9 Å². The molecule has 9 heteroatoms. The van der Waals surface area contributed by atoms with Crippen LogP contribution in [-0.2, 0) is 11.3 Å². The molecular formula is C15H15Cl2FN4O2. The van der Waals surface area contributed by atoms with Crippen molar-refractivity contribution in [2.75, 3.05) is 19.6 Å². The Labute approximate surface area is 148 Å². The van der Waals surface area contributed by atoms with Crippen LogP contribution in [0.3, 0.4) is 0 Å². The first-order chi connectivity index (χ1) is 11.5. The molecule has 3 rings (SSSR count). The van der Waals surface area contributed by atoms with Gasteiger partial charge in [-0.2, -0.15) is 5.10 Å². The van der Waals surface area contributed by atoms with Gasteiger partial charge < -0.3 is 14.9 Å². The topological polar surface area (TPSA) is 68.2 Å². The number of rotatable bonds is 3. The Kier molecular flexibility index (Phi) is 4.93. The molecule has 1 saturated heterocycles. The van der Waals surface area contributed by atoms with E-state index >= 15 is 0 Å². The number of piperazine rings is 1. The van der Waals surface area contributed by atoms with Crippen molar-refractivity contribution < 1.29 is 14.3 Å². The van der Waals surface area contributed by atoms with Gasteiger partial charge in [0.1, 0.15) is 5.82 Å². The lowest BCUT2D eigenvalue weighted by Gasteiger charge is -2.37. The largest absolute Gasteiger partial charge is 0.367 e. The Morgan fingerprint density at radius 1 is 1.38 bits per heavy atom. The third-order valence-corrected chi connectivity index (χ3v) is 4.66. The molecule has 0 aromatic heterocycles. The molecule has 2 aliphatic rings. The van der Waals surface area contributed by atoms with Crippen LogP contribution in [0.4, 0.5) is 4.39 Å². The molecule has 24 heavy (non-hydrogen) atoms. The van der Waals surface area contributed by atoms with Crippen LogP contribution in [0, 0.1) is 5.82 Å². The van der Waals surface area contributed by atoms with Gasteiger partial charge in [-0.25, -0.2) is 4.39 Å². The molecule has 1 atom stereocenters. The van der Waals surface area contributed by atoms with Gasteiger partial charge in [0.25, 0.3) is 0 Å². The zero-order chi connectivity index (χ0) is 17.3. The maximum Gasteiger partial charge on any atom is 0.242 e. The van der Waals surface area contributed by atoms with E-state index in [1.165, 1.54) is 18.3 Å². The van der Waals surface area contributed by atoms with Crippen LogP contribution in [0.5, 0.6) is 0 Å². The number of nitrogens with zero attached hydrogens (tertiary/aromatic N) is 3. The molecular weight excluding hydrogens is 358 g/mol. The lowest BCUT2D eigenvalue weighted by Crippen LogP contribution is -2.50. The van der Waals surface area contributed by atoms with Gasteiger partial charge >= 0.3 is 0 Å². The van der Waals surface area contributed by atoms with Gasteiger partial charge in [-0.05, 0) is 17.7 Å². The number of carbonyl (C=O) groups excluding carboxylic acids is 1. The highest BCUT2D eigenvalue weighted by Crippen LogP contribution is 2.23. The minimum atomic E-state index is -1.07. The van der Waals surface area contributed by atoms with Gasteiger partial charge in [0.05, 0.1) is 23.5 Å². The van der Waals surface area contributed by atoms with E-state index in [4.69, 9.17) is 23.2 Å². The van der Waals surface area contributed by atoms with Crippen LogP contribution in [-0.4, -0.2) is 52.9 Å². The summed E-state index contributed by atoms with van der Waals surface area (Å²) < 4.78 is 13.1. The van der Waals surface area contributed by atoms with Crippen molar-refractivity contribution in [2.24, 2.45) is 5.10 Å². The zero-order valence-electron chi connectivity index (χ0n) is 12.5. The number of carbonyl (C=O) groups is 1. The fourth-order valence-electron chi connectivity index (χ4n) is 2.60. The van der Waals surface area contributed by atoms with Crippen LogP contribution < -0.4 is 5.43 Å². The van der Waals surface area contributed by atoms with Crippen LogP contribution in [0.1, 0.15) is 5.56 Å². The van der Waals surface area contributed by atoms with E-state index in [0.717, 1.165) is 0 Å². The molecule has 1 fully saturated rings. The molecule has 1 amide bonds. The maximum atomic E-state index is 13.1. The molecule has 2 heterocycles. The lowest BCUT2D eigenvalue weighted by molar-refractivity contribution is -0.135. The molecule has 128 valence electrons. The van der Waals surface area contributed by atoms with E-state index in [2.05, 4.69) is 10.5 Å². The third-order valence-electron chi connectivity index (χ3n) is 3.90. The molecule has 2 aliphatic heterocycles. The molecule has 0 spiro atoms. The van der Waals surface area contributed by atoms with Gasteiger partial charge in [-0.1, -0.05) is 29.3 Å². The van der Waals surface area contributed by atoms with Crippen molar-refractivity contribution in [3.05, 3.63) is 45.3 Å². The highest BCUT2D eigenvalue weighted by Gasteiger charge is 2.28. The van der Waals surface area contributed by atoms with Crippen molar-refractivity contribution in [1.82, 2.24) is 15.2 Å². The number of aliphatic hydroxyl groups is 1. The smallest absolute Gasteiger partial charge is 0.242 e. The molecule has 6 nitrogen and oxygen atoms in total. The fourth-order valence-corrected chi connectivity index (χ4v) is 3.04. The molecule has 0 saturated carbocycles. The summed E-state index contributed by atoms with van der Waals surface area (Å²) in [5, 5.41) is 14.0. The molecule has 1 aromatic rings. The number of nitrogens with one attached hydrogen (secondary N) is 1. The van der Waals surface area contributed by atoms with E-state index in [1.807, 2.05) is 0 Å². The summed E-state index contributed by atoms with van der Waals surface area (Å²) in [5.41, 5.74) is 3.65. The van der Waals surface area contributed by atoms with E-state index in [-0.39, 0.29) is 17.5 Å². The molecule has 1 aromatic carbocycles. The molecule has 0 radical (unpaired) electrons. The summed E-state index contributed by atoms with van der Waals surface area (Å²) in [6.07, 6.45) is 0.410. The highest BCUT2D eigenvalue weighted by atomic mass is 35.5. The van der Waals surface area contributed by atoms with E-state index in [1.54, 1.807) is 15.9 Å². The zero-order valence-corrected chi connectivity index (χ0v) is 14.1. The maximum absolute atomic E-state index is 13.1. The van der Waals surface area contributed by atoms with E-state index in [9.17, 15) is 14.3 Å². The monoisotopic (exact) mass is 372 g/mol. The summed E-state index contributed by atoms with van der Waals surface area (Å²) in [4.78, 5) is 15.8. The molecule has 0 aliphatic carbocycles. The van der Waals surface area contributed by atoms with Gasteiger partial charge in [-0.15, -0.1) is 0 Å². The number of allylic oxidation sites excluding steroid dienone is 1. The number of hydrogen-bond donors (Lipinski definition) is 2. The Morgan fingerprint density at radius 2 is 2.17 bits per heavy atom. The second-order valence-corrected chi connectivity index (χ2v) is 6.31. The standard InChI is InChI=1S/C15H15Cl2FN4O2/c16-11-5-10(18)2-1-9(11)7-22-4-3-21(8-13(22)23)12-6-19-20-15(24)14(12)17/h1-2,5-6,15,20,24H,3-4,7-8H2. The van der Waals surface area contributed by atoms with Crippen LogP contribution in [0.15, 0.2) is 34.0 Å². The minimum Gasteiger partial charge on any atom is -0.367 e. The first kappa shape index (κ1) is 17.0. The van der Waals surface area contributed by atoms with E-state index < -0.39 is 12.0 Å². The summed E-state index contributed by atoms with van der Waals surface area (Å²) >= 11 is 12.1. The number of amides is 1. The first-order valence-electron chi connectivity index (χ1n) is 7.28. The Hall–Kier alpha value is -1.83. The predicted octanol–water partition coefficient (Wildman–Crippen LogP) is 1.48. The Balaban J connectivity index is 1.69. The third kappa shape index (κ3) is 3.48. The van der Waals surface area contributed by atoms with Crippen molar-refractivity contribution in [3.8, 4) is 0 Å². The number of halogens is 3. The fraction of sp³-hybridized carbons (Fsp3) is 0.333. The minimum absolute atomic E-state index is 0.111. The second-order valence-electron chi connectivity index (χ2n) is 5.50. The van der Waals surface area contributed by atoms with Crippen molar-refractivity contribution >= 4 is 35.3 Å². The average Bonchev–Trinajstić information content (AvgIpc) is 2.54. The normalized spacial score (nSPS) is 21.3. The number of hydrazone groups is 1. The molecule has 2 N–H and O–H groups in total. The van der Waals surface area contributed by atoms with Gasteiger partial charge in [0.15, 0.2) is 6.23 Å². The Morgan fingerprint density at radius 3 is 2.88 bits per heavy atom. The first-order valence-corrected chi connectivity index (χ1v) is 8.04. The SMILES string of the molecule is O=C1CN(C2=C(Cl)C(O)NN=C2)CCN1Cc1ccc(F)cc1Cl. The predicted molar refractivity (Wildman–Crippen MR) is 88.9 cm³/mol. The quantitative estimate of drug-likeness (QED) is 0.843. The van der Waals surface area contributed by atoms with Crippen molar-refractivity contribution in [2.45, 2.75) is 12.8 Å². The van der Waals surface area contributed by atoms with Crippen LogP contribution >= 0.6 is 23.2 Å². The van der Waals surface area contributed by atoms with Crippen LogP contribution in [0.2, 0.25) is 5.02 Å².